The number of methoxy groups -OCH3 is 1. The molecule has 0 saturated carbocycles. The third-order valence-electron chi connectivity index (χ3n) is 2.82. The van der Waals surface area contributed by atoms with Crippen LogP contribution < -0.4 is 0 Å². The van der Waals surface area contributed by atoms with E-state index in [0.717, 1.165) is 12.2 Å². The summed E-state index contributed by atoms with van der Waals surface area (Å²) in [7, 11) is 1.71. The fourth-order valence-corrected chi connectivity index (χ4v) is 1.94. The van der Waals surface area contributed by atoms with Crippen LogP contribution in [0.5, 0.6) is 0 Å². The molecule has 1 aromatic heterocycles. The summed E-state index contributed by atoms with van der Waals surface area (Å²) < 4.78 is 5.22. The van der Waals surface area contributed by atoms with Gasteiger partial charge in [-0.3, -0.25) is 4.98 Å². The van der Waals surface area contributed by atoms with Gasteiger partial charge in [-0.1, -0.05) is 5.57 Å². The van der Waals surface area contributed by atoms with Gasteiger partial charge < -0.3 is 4.74 Å². The molecule has 2 nitrogen and oxygen atoms in total. The number of nitrogens with zero attached hydrogens (tertiary/aromatic N) is 1. The number of allylic oxidation sites excluding steroid dienone is 3. The summed E-state index contributed by atoms with van der Waals surface area (Å²) in [6.45, 7) is 2.15. The fourth-order valence-electron chi connectivity index (χ4n) is 1.94. The van der Waals surface area contributed by atoms with Crippen LogP contribution in [0.15, 0.2) is 48.0 Å². The Hall–Kier alpha value is -1.57. The lowest BCUT2D eigenvalue weighted by molar-refractivity contribution is 0.302. The third kappa shape index (κ3) is 2.09. The second-order valence-electron chi connectivity index (χ2n) is 3.77. The Morgan fingerprint density at radius 1 is 1.33 bits per heavy atom. The van der Waals surface area contributed by atoms with Crippen molar-refractivity contribution in [2.24, 2.45) is 0 Å². The number of aromatic nitrogens is 1. The average Bonchev–Trinajstić information content (AvgIpc) is 2.30. The van der Waals surface area contributed by atoms with Crippen molar-refractivity contribution in [3.05, 3.63) is 53.6 Å². The first-order valence-electron chi connectivity index (χ1n) is 5.13. The predicted molar refractivity (Wildman–Crippen MR) is 60.4 cm³/mol. The Morgan fingerprint density at radius 2 is 2.07 bits per heavy atom. The Labute approximate surface area is 90.3 Å². The van der Waals surface area contributed by atoms with Crippen LogP contribution in [-0.2, 0) is 4.74 Å². The Bertz CT molecular complexity index is 392. The van der Waals surface area contributed by atoms with E-state index in [9.17, 15) is 0 Å². The molecular weight excluding hydrogens is 186 g/mol. The summed E-state index contributed by atoms with van der Waals surface area (Å²) >= 11 is 0. The van der Waals surface area contributed by atoms with E-state index >= 15 is 0 Å². The van der Waals surface area contributed by atoms with E-state index in [1.165, 1.54) is 11.1 Å². The van der Waals surface area contributed by atoms with E-state index < -0.39 is 0 Å². The molecule has 0 aliphatic heterocycles. The molecular formula is C13H15NO. The molecule has 0 N–H and O–H groups in total. The van der Waals surface area contributed by atoms with Gasteiger partial charge in [0.1, 0.15) is 5.76 Å². The van der Waals surface area contributed by atoms with Crippen molar-refractivity contribution in [1.29, 1.82) is 0 Å². The van der Waals surface area contributed by atoms with Crippen LogP contribution in [0.2, 0.25) is 0 Å². The van der Waals surface area contributed by atoms with Gasteiger partial charge in [-0.2, -0.15) is 0 Å². The monoisotopic (exact) mass is 201 g/mol. The van der Waals surface area contributed by atoms with Gasteiger partial charge in [-0.05, 0) is 43.2 Å². The van der Waals surface area contributed by atoms with E-state index in [1.54, 1.807) is 7.11 Å². The van der Waals surface area contributed by atoms with Crippen LogP contribution >= 0.6 is 0 Å². The van der Waals surface area contributed by atoms with Gasteiger partial charge in [-0.25, -0.2) is 0 Å². The van der Waals surface area contributed by atoms with Gasteiger partial charge in [0.2, 0.25) is 0 Å². The first kappa shape index (κ1) is 9.97. The number of ether oxygens (including phenoxy) is 1. The highest BCUT2D eigenvalue weighted by Crippen LogP contribution is 2.32. The van der Waals surface area contributed by atoms with Gasteiger partial charge in [0.15, 0.2) is 0 Å². The first-order chi connectivity index (χ1) is 7.31. The summed E-state index contributed by atoms with van der Waals surface area (Å²) in [5, 5.41) is 0. The van der Waals surface area contributed by atoms with Crippen LogP contribution in [0.3, 0.4) is 0 Å². The maximum atomic E-state index is 5.22. The molecule has 1 aromatic rings. The Balaban J connectivity index is 2.22. The zero-order valence-electron chi connectivity index (χ0n) is 9.10. The molecule has 1 atom stereocenters. The average molecular weight is 201 g/mol. The van der Waals surface area contributed by atoms with Crippen LogP contribution in [-0.4, -0.2) is 12.1 Å². The molecule has 1 aliphatic carbocycles. The summed E-state index contributed by atoms with van der Waals surface area (Å²) in [6, 6.07) is 4.15. The van der Waals surface area contributed by atoms with Crippen LogP contribution in [0.1, 0.15) is 24.8 Å². The highest BCUT2D eigenvalue weighted by Gasteiger charge is 2.16. The second-order valence-corrected chi connectivity index (χ2v) is 3.77. The highest BCUT2D eigenvalue weighted by molar-refractivity contribution is 5.34. The number of hydrogen-bond acceptors (Lipinski definition) is 2. The van der Waals surface area contributed by atoms with Crippen molar-refractivity contribution in [3.63, 3.8) is 0 Å². The van der Waals surface area contributed by atoms with Crippen molar-refractivity contribution in [3.8, 4) is 0 Å². The molecule has 1 aliphatic rings. The number of hydrogen-bond donors (Lipinski definition) is 0. The maximum absolute atomic E-state index is 5.22. The van der Waals surface area contributed by atoms with Crippen molar-refractivity contribution in [1.82, 2.24) is 4.98 Å². The minimum atomic E-state index is 0.479. The van der Waals surface area contributed by atoms with E-state index in [4.69, 9.17) is 4.74 Å². The first-order valence-corrected chi connectivity index (χ1v) is 5.13. The molecule has 2 heteroatoms. The summed E-state index contributed by atoms with van der Waals surface area (Å²) in [4.78, 5) is 4.04. The summed E-state index contributed by atoms with van der Waals surface area (Å²) in [5.74, 6) is 1.45. The summed E-state index contributed by atoms with van der Waals surface area (Å²) in [6.07, 6.45) is 8.94. The molecule has 0 aromatic carbocycles. The van der Waals surface area contributed by atoms with Crippen molar-refractivity contribution >= 4 is 0 Å². The molecule has 0 amide bonds. The van der Waals surface area contributed by atoms with Crippen molar-refractivity contribution < 1.29 is 4.74 Å². The molecule has 0 spiro atoms. The molecule has 2 rings (SSSR count). The zero-order chi connectivity index (χ0) is 10.7. The lowest BCUT2D eigenvalue weighted by Crippen LogP contribution is -2.05. The lowest BCUT2D eigenvalue weighted by Gasteiger charge is -2.21. The summed E-state index contributed by atoms with van der Waals surface area (Å²) in [5.41, 5.74) is 2.67. The molecule has 0 radical (unpaired) electrons. The SMILES string of the molecule is COC1=CCC(c2ccncc2)C(C)=C1. The van der Waals surface area contributed by atoms with Crippen LogP contribution in [0, 0.1) is 0 Å². The molecule has 0 bridgehead atoms. The highest BCUT2D eigenvalue weighted by atomic mass is 16.5. The normalized spacial score (nSPS) is 20.5. The van der Waals surface area contributed by atoms with Gasteiger partial charge in [0, 0.05) is 18.3 Å². The van der Waals surface area contributed by atoms with Gasteiger partial charge in [-0.15, -0.1) is 0 Å². The largest absolute Gasteiger partial charge is 0.497 e. The van der Waals surface area contributed by atoms with Crippen molar-refractivity contribution in [2.75, 3.05) is 7.11 Å². The molecule has 78 valence electrons. The fraction of sp³-hybridized carbons (Fsp3) is 0.308. The quantitative estimate of drug-likeness (QED) is 0.733. The number of pyridine rings is 1. The van der Waals surface area contributed by atoms with Gasteiger partial charge in [0.05, 0.1) is 7.11 Å². The topological polar surface area (TPSA) is 22.1 Å². The smallest absolute Gasteiger partial charge is 0.114 e. The lowest BCUT2D eigenvalue weighted by atomic mass is 9.86. The van der Waals surface area contributed by atoms with Crippen LogP contribution in [0.4, 0.5) is 0 Å². The molecule has 1 unspecified atom stereocenters. The van der Waals surface area contributed by atoms with Crippen LogP contribution in [0.25, 0.3) is 0 Å². The second kappa shape index (κ2) is 4.30. The Kier molecular flexibility index (Phi) is 2.86. The van der Waals surface area contributed by atoms with Gasteiger partial charge >= 0.3 is 0 Å². The molecule has 0 fully saturated rings. The predicted octanol–water partition coefficient (Wildman–Crippen LogP) is 3.05. The zero-order valence-corrected chi connectivity index (χ0v) is 9.10. The van der Waals surface area contributed by atoms with Crippen molar-refractivity contribution in [2.45, 2.75) is 19.3 Å². The minimum absolute atomic E-state index is 0.479. The number of rotatable bonds is 2. The van der Waals surface area contributed by atoms with E-state index in [1.807, 2.05) is 12.4 Å². The molecule has 15 heavy (non-hydrogen) atoms. The third-order valence-corrected chi connectivity index (χ3v) is 2.82. The Morgan fingerprint density at radius 3 is 2.67 bits per heavy atom. The van der Waals surface area contributed by atoms with E-state index in [2.05, 4.69) is 36.2 Å². The van der Waals surface area contributed by atoms with E-state index in [0.29, 0.717) is 5.92 Å². The minimum Gasteiger partial charge on any atom is -0.497 e. The standard InChI is InChI=1S/C13H15NO/c1-10-9-12(15-2)3-4-13(10)11-5-7-14-8-6-11/h3,5-9,13H,4H2,1-2H3. The molecule has 0 saturated heterocycles. The maximum Gasteiger partial charge on any atom is 0.114 e. The van der Waals surface area contributed by atoms with E-state index in [-0.39, 0.29) is 0 Å². The van der Waals surface area contributed by atoms with Gasteiger partial charge in [0.25, 0.3) is 0 Å². The molecule has 1 heterocycles.